The van der Waals surface area contributed by atoms with Crippen molar-refractivity contribution in [2.24, 2.45) is 5.41 Å². The van der Waals surface area contributed by atoms with Gasteiger partial charge in [0.25, 0.3) is 0 Å². The molecule has 1 fully saturated rings. The first-order chi connectivity index (χ1) is 6.75. The number of ether oxygens (including phenoxy) is 1. The van der Waals surface area contributed by atoms with E-state index in [4.69, 9.17) is 4.74 Å². The Labute approximate surface area is 88.4 Å². The molecule has 0 aromatic carbocycles. The van der Waals surface area contributed by atoms with Gasteiger partial charge in [-0.2, -0.15) is 0 Å². The lowest BCUT2D eigenvalue weighted by Crippen LogP contribution is -2.34. The van der Waals surface area contributed by atoms with E-state index in [-0.39, 0.29) is 0 Å². The quantitative estimate of drug-likeness (QED) is 0.607. The Morgan fingerprint density at radius 1 is 1.36 bits per heavy atom. The molecule has 1 saturated carbocycles. The summed E-state index contributed by atoms with van der Waals surface area (Å²) in [6.07, 6.45) is 5.38. The van der Waals surface area contributed by atoms with Gasteiger partial charge in [-0.05, 0) is 51.5 Å². The lowest BCUT2D eigenvalue weighted by atomic mass is 9.92. The average Bonchev–Trinajstić information content (AvgIpc) is 2.94. The highest BCUT2D eigenvalue weighted by atomic mass is 16.5. The van der Waals surface area contributed by atoms with Crippen LogP contribution in [0.25, 0.3) is 0 Å². The second-order valence-electron chi connectivity index (χ2n) is 4.44. The third-order valence-corrected chi connectivity index (χ3v) is 3.49. The van der Waals surface area contributed by atoms with Crippen molar-refractivity contribution in [3.8, 4) is 0 Å². The zero-order valence-electron chi connectivity index (χ0n) is 9.94. The van der Waals surface area contributed by atoms with E-state index in [1.165, 1.54) is 25.7 Å². The van der Waals surface area contributed by atoms with Crippen LogP contribution in [-0.4, -0.2) is 25.8 Å². The summed E-state index contributed by atoms with van der Waals surface area (Å²) in [5.74, 6) is 0. The van der Waals surface area contributed by atoms with Crippen LogP contribution in [0.15, 0.2) is 0 Å². The van der Waals surface area contributed by atoms with Crippen LogP contribution in [0.1, 0.15) is 46.5 Å². The third kappa shape index (κ3) is 3.25. The second kappa shape index (κ2) is 5.72. The number of hydrogen-bond donors (Lipinski definition) is 1. The van der Waals surface area contributed by atoms with E-state index in [1.807, 2.05) is 0 Å². The molecule has 1 aliphatic rings. The van der Waals surface area contributed by atoms with Gasteiger partial charge in [-0.25, -0.2) is 0 Å². The summed E-state index contributed by atoms with van der Waals surface area (Å²) in [5.41, 5.74) is 0.618. The summed E-state index contributed by atoms with van der Waals surface area (Å²) in [5, 5.41) is 3.55. The SMILES string of the molecule is CCNC(C)C1(CCCOCC)CC1. The highest BCUT2D eigenvalue weighted by molar-refractivity contribution is 4.99. The highest BCUT2D eigenvalue weighted by Gasteiger charge is 2.45. The Kier molecular flexibility index (Phi) is 4.90. The monoisotopic (exact) mass is 199 g/mol. The summed E-state index contributed by atoms with van der Waals surface area (Å²) in [7, 11) is 0. The Balaban J connectivity index is 2.15. The maximum Gasteiger partial charge on any atom is 0.0466 e. The first-order valence-corrected chi connectivity index (χ1v) is 6.06. The molecule has 0 bridgehead atoms. The van der Waals surface area contributed by atoms with Gasteiger partial charge in [0, 0.05) is 19.3 Å². The fourth-order valence-corrected chi connectivity index (χ4v) is 2.25. The standard InChI is InChI=1S/C12H25NO/c1-4-13-11(3)12(8-9-12)7-6-10-14-5-2/h11,13H,4-10H2,1-3H3. The van der Waals surface area contributed by atoms with Crippen molar-refractivity contribution in [3.05, 3.63) is 0 Å². The molecule has 0 aromatic heterocycles. The van der Waals surface area contributed by atoms with Crippen LogP contribution < -0.4 is 5.32 Å². The highest BCUT2D eigenvalue weighted by Crippen LogP contribution is 2.52. The Morgan fingerprint density at radius 2 is 2.07 bits per heavy atom. The predicted octanol–water partition coefficient (Wildman–Crippen LogP) is 2.58. The first-order valence-electron chi connectivity index (χ1n) is 6.06. The summed E-state index contributed by atoms with van der Waals surface area (Å²) < 4.78 is 5.38. The van der Waals surface area contributed by atoms with Crippen LogP contribution in [0.4, 0.5) is 0 Å². The van der Waals surface area contributed by atoms with Gasteiger partial charge < -0.3 is 10.1 Å². The zero-order valence-corrected chi connectivity index (χ0v) is 9.94. The van der Waals surface area contributed by atoms with Crippen LogP contribution in [-0.2, 0) is 4.74 Å². The number of hydrogen-bond acceptors (Lipinski definition) is 2. The van der Waals surface area contributed by atoms with Crippen LogP contribution in [0.3, 0.4) is 0 Å². The average molecular weight is 199 g/mol. The van der Waals surface area contributed by atoms with E-state index in [0.717, 1.165) is 19.8 Å². The van der Waals surface area contributed by atoms with Crippen molar-refractivity contribution in [1.82, 2.24) is 5.32 Å². The molecule has 1 aliphatic carbocycles. The van der Waals surface area contributed by atoms with Crippen molar-refractivity contribution in [3.63, 3.8) is 0 Å². The van der Waals surface area contributed by atoms with E-state index in [2.05, 4.69) is 26.1 Å². The molecule has 0 aromatic rings. The molecule has 1 N–H and O–H groups in total. The van der Waals surface area contributed by atoms with Gasteiger partial charge in [0.2, 0.25) is 0 Å². The minimum Gasteiger partial charge on any atom is -0.382 e. The second-order valence-corrected chi connectivity index (χ2v) is 4.44. The van der Waals surface area contributed by atoms with Crippen molar-refractivity contribution < 1.29 is 4.74 Å². The summed E-state index contributed by atoms with van der Waals surface area (Å²) in [4.78, 5) is 0. The molecule has 0 aliphatic heterocycles. The van der Waals surface area contributed by atoms with E-state index >= 15 is 0 Å². The largest absolute Gasteiger partial charge is 0.382 e. The fourth-order valence-electron chi connectivity index (χ4n) is 2.25. The third-order valence-electron chi connectivity index (χ3n) is 3.49. The number of rotatable bonds is 8. The van der Waals surface area contributed by atoms with Crippen molar-refractivity contribution in [2.45, 2.75) is 52.5 Å². The maximum absolute atomic E-state index is 5.38. The molecule has 0 spiro atoms. The maximum atomic E-state index is 5.38. The van der Waals surface area contributed by atoms with Crippen LogP contribution in [0.5, 0.6) is 0 Å². The molecule has 2 heteroatoms. The van der Waals surface area contributed by atoms with Crippen LogP contribution >= 0.6 is 0 Å². The molecule has 1 unspecified atom stereocenters. The topological polar surface area (TPSA) is 21.3 Å². The predicted molar refractivity (Wildman–Crippen MR) is 60.5 cm³/mol. The normalized spacial score (nSPS) is 20.8. The molecular weight excluding hydrogens is 174 g/mol. The van der Waals surface area contributed by atoms with Gasteiger partial charge in [-0.15, -0.1) is 0 Å². The van der Waals surface area contributed by atoms with Gasteiger partial charge in [-0.1, -0.05) is 6.92 Å². The summed E-state index contributed by atoms with van der Waals surface area (Å²) in [6, 6.07) is 0.689. The molecule has 2 nitrogen and oxygen atoms in total. The van der Waals surface area contributed by atoms with E-state index in [9.17, 15) is 0 Å². The summed E-state index contributed by atoms with van der Waals surface area (Å²) in [6.45, 7) is 9.47. The van der Waals surface area contributed by atoms with Gasteiger partial charge in [0.05, 0.1) is 0 Å². The Morgan fingerprint density at radius 3 is 2.57 bits per heavy atom. The van der Waals surface area contributed by atoms with E-state index in [1.54, 1.807) is 0 Å². The molecule has 0 amide bonds. The lowest BCUT2D eigenvalue weighted by Gasteiger charge is -2.24. The van der Waals surface area contributed by atoms with Gasteiger partial charge in [0.1, 0.15) is 0 Å². The molecule has 84 valence electrons. The lowest BCUT2D eigenvalue weighted by molar-refractivity contribution is 0.135. The number of nitrogens with one attached hydrogen (secondary N) is 1. The summed E-state index contributed by atoms with van der Waals surface area (Å²) >= 11 is 0. The first kappa shape index (κ1) is 12.0. The molecule has 1 rings (SSSR count). The van der Waals surface area contributed by atoms with Gasteiger partial charge in [-0.3, -0.25) is 0 Å². The Hall–Kier alpha value is -0.0800. The minimum absolute atomic E-state index is 0.618. The van der Waals surface area contributed by atoms with Gasteiger partial charge >= 0.3 is 0 Å². The molecule has 1 atom stereocenters. The van der Waals surface area contributed by atoms with E-state index in [0.29, 0.717) is 11.5 Å². The molecule has 14 heavy (non-hydrogen) atoms. The van der Waals surface area contributed by atoms with Crippen molar-refractivity contribution in [1.29, 1.82) is 0 Å². The smallest absolute Gasteiger partial charge is 0.0466 e. The van der Waals surface area contributed by atoms with Crippen LogP contribution in [0, 0.1) is 5.41 Å². The molecule has 0 radical (unpaired) electrons. The van der Waals surface area contributed by atoms with Crippen LogP contribution in [0.2, 0.25) is 0 Å². The molecule has 0 saturated heterocycles. The Bertz CT molecular complexity index is 154. The van der Waals surface area contributed by atoms with Crippen molar-refractivity contribution >= 4 is 0 Å². The van der Waals surface area contributed by atoms with Crippen molar-refractivity contribution in [2.75, 3.05) is 19.8 Å². The zero-order chi connectivity index (χ0) is 10.4. The van der Waals surface area contributed by atoms with E-state index < -0.39 is 0 Å². The van der Waals surface area contributed by atoms with Gasteiger partial charge in [0.15, 0.2) is 0 Å². The fraction of sp³-hybridized carbons (Fsp3) is 1.00. The minimum atomic E-state index is 0.618. The molecular formula is C12H25NO. The molecule has 0 heterocycles.